The number of carbonyl (C=O) groups excluding carboxylic acids is 2. The van der Waals surface area contributed by atoms with Crippen LogP contribution < -0.4 is 4.74 Å². The predicted octanol–water partition coefficient (Wildman–Crippen LogP) is 4.62. The first-order chi connectivity index (χ1) is 17.2. The van der Waals surface area contributed by atoms with E-state index in [0.29, 0.717) is 44.8 Å². The second-order valence-electron chi connectivity index (χ2n) is 9.05. The van der Waals surface area contributed by atoms with Crippen molar-refractivity contribution in [3.63, 3.8) is 0 Å². The SMILES string of the molecule is O=C(COc1ccccc1)N1CCC(C(=O)N(CCc2ccccc2)CCc2ccccc2)CC1. The lowest BCUT2D eigenvalue weighted by atomic mass is 9.94. The van der Waals surface area contributed by atoms with Crippen molar-refractivity contribution in [2.45, 2.75) is 25.7 Å². The molecule has 1 aliphatic rings. The molecule has 0 aromatic heterocycles. The Morgan fingerprint density at radius 1 is 0.743 bits per heavy atom. The van der Waals surface area contributed by atoms with Gasteiger partial charge in [-0.3, -0.25) is 9.59 Å². The summed E-state index contributed by atoms with van der Waals surface area (Å²) in [6, 6.07) is 30.0. The van der Waals surface area contributed by atoms with E-state index in [2.05, 4.69) is 24.3 Å². The first kappa shape index (κ1) is 24.5. The minimum atomic E-state index is -0.0411. The first-order valence-corrected chi connectivity index (χ1v) is 12.5. The number of rotatable bonds is 10. The number of ether oxygens (including phenoxy) is 1. The number of piperidine rings is 1. The van der Waals surface area contributed by atoms with E-state index in [9.17, 15) is 9.59 Å². The number of likely N-dealkylation sites (tertiary alicyclic amines) is 1. The van der Waals surface area contributed by atoms with E-state index in [1.807, 2.05) is 76.5 Å². The Kier molecular flexibility index (Phi) is 8.93. The van der Waals surface area contributed by atoms with Gasteiger partial charge in [-0.25, -0.2) is 0 Å². The average molecular weight is 471 g/mol. The highest BCUT2D eigenvalue weighted by Crippen LogP contribution is 2.21. The van der Waals surface area contributed by atoms with E-state index >= 15 is 0 Å². The van der Waals surface area contributed by atoms with Gasteiger partial charge in [-0.15, -0.1) is 0 Å². The Hall–Kier alpha value is -3.60. The fourth-order valence-electron chi connectivity index (χ4n) is 4.54. The van der Waals surface area contributed by atoms with Crippen molar-refractivity contribution < 1.29 is 14.3 Å². The van der Waals surface area contributed by atoms with Gasteiger partial charge in [0, 0.05) is 32.1 Å². The third-order valence-corrected chi connectivity index (χ3v) is 6.64. The lowest BCUT2D eigenvalue weighted by Gasteiger charge is -2.34. The molecule has 0 atom stereocenters. The third kappa shape index (κ3) is 7.44. The monoisotopic (exact) mass is 470 g/mol. The van der Waals surface area contributed by atoms with Crippen LogP contribution in [0.2, 0.25) is 0 Å². The van der Waals surface area contributed by atoms with E-state index in [4.69, 9.17) is 4.74 Å². The molecule has 3 aromatic rings. The van der Waals surface area contributed by atoms with Crippen molar-refractivity contribution in [3.8, 4) is 5.75 Å². The van der Waals surface area contributed by atoms with Gasteiger partial charge in [0.25, 0.3) is 5.91 Å². The van der Waals surface area contributed by atoms with Crippen molar-refractivity contribution in [1.29, 1.82) is 0 Å². The number of amides is 2. The van der Waals surface area contributed by atoms with E-state index in [1.54, 1.807) is 0 Å². The van der Waals surface area contributed by atoms with Crippen molar-refractivity contribution in [1.82, 2.24) is 9.80 Å². The van der Waals surface area contributed by atoms with Gasteiger partial charge in [0.15, 0.2) is 6.61 Å². The first-order valence-electron chi connectivity index (χ1n) is 12.5. The van der Waals surface area contributed by atoms with Gasteiger partial charge in [0.1, 0.15) is 5.75 Å². The van der Waals surface area contributed by atoms with Gasteiger partial charge in [-0.05, 0) is 48.9 Å². The van der Waals surface area contributed by atoms with Crippen molar-refractivity contribution in [2.75, 3.05) is 32.8 Å². The number of para-hydroxylation sites is 1. The Bertz CT molecular complexity index is 1010. The van der Waals surface area contributed by atoms with Gasteiger partial charge in [-0.1, -0.05) is 78.9 Å². The van der Waals surface area contributed by atoms with Gasteiger partial charge in [0.05, 0.1) is 0 Å². The molecule has 2 amide bonds. The minimum absolute atomic E-state index is 0.0234. The van der Waals surface area contributed by atoms with Crippen LogP contribution in [0.4, 0.5) is 0 Å². The molecule has 4 rings (SSSR count). The lowest BCUT2D eigenvalue weighted by molar-refractivity contribution is -0.141. The zero-order valence-electron chi connectivity index (χ0n) is 20.2. The normalized spacial score (nSPS) is 13.9. The average Bonchev–Trinajstić information content (AvgIpc) is 2.93. The Balaban J connectivity index is 1.30. The molecule has 0 N–H and O–H groups in total. The molecule has 1 saturated heterocycles. The van der Waals surface area contributed by atoms with Gasteiger partial charge >= 0.3 is 0 Å². The molecule has 1 heterocycles. The molecule has 1 aliphatic heterocycles. The number of carbonyl (C=O) groups is 2. The van der Waals surface area contributed by atoms with Crippen LogP contribution in [0, 0.1) is 5.92 Å². The summed E-state index contributed by atoms with van der Waals surface area (Å²) >= 11 is 0. The Morgan fingerprint density at radius 2 is 1.23 bits per heavy atom. The quantitative estimate of drug-likeness (QED) is 0.435. The summed E-state index contributed by atoms with van der Waals surface area (Å²) in [5.74, 6) is 0.841. The van der Waals surface area contributed by atoms with Crippen LogP contribution in [0.1, 0.15) is 24.0 Å². The summed E-state index contributed by atoms with van der Waals surface area (Å²) in [6.45, 7) is 2.64. The van der Waals surface area contributed by atoms with Crippen LogP contribution >= 0.6 is 0 Å². The molecule has 1 fully saturated rings. The summed E-state index contributed by atoms with van der Waals surface area (Å²) in [7, 11) is 0. The number of hydrogen-bond acceptors (Lipinski definition) is 3. The molecule has 0 spiro atoms. The van der Waals surface area contributed by atoms with E-state index < -0.39 is 0 Å². The molecule has 0 radical (unpaired) electrons. The third-order valence-electron chi connectivity index (χ3n) is 6.64. The molecule has 5 nitrogen and oxygen atoms in total. The molecular weight excluding hydrogens is 436 g/mol. The summed E-state index contributed by atoms with van der Waals surface area (Å²) in [4.78, 5) is 30.0. The van der Waals surface area contributed by atoms with Crippen LogP contribution in [-0.4, -0.2) is 54.4 Å². The Labute approximate surface area is 208 Å². The largest absolute Gasteiger partial charge is 0.484 e. The summed E-state index contributed by atoms with van der Waals surface area (Å²) in [5.41, 5.74) is 2.48. The summed E-state index contributed by atoms with van der Waals surface area (Å²) < 4.78 is 5.62. The smallest absolute Gasteiger partial charge is 0.260 e. The highest BCUT2D eigenvalue weighted by molar-refractivity contribution is 5.80. The van der Waals surface area contributed by atoms with Crippen molar-refractivity contribution >= 4 is 11.8 Å². The van der Waals surface area contributed by atoms with Gasteiger partial charge in [0.2, 0.25) is 5.91 Å². The molecule has 35 heavy (non-hydrogen) atoms. The fourth-order valence-corrected chi connectivity index (χ4v) is 4.54. The van der Waals surface area contributed by atoms with Crippen LogP contribution in [0.3, 0.4) is 0 Å². The second-order valence-corrected chi connectivity index (χ2v) is 9.05. The van der Waals surface area contributed by atoms with E-state index in [0.717, 1.165) is 12.8 Å². The van der Waals surface area contributed by atoms with Crippen LogP contribution in [0.25, 0.3) is 0 Å². The molecule has 0 aliphatic carbocycles. The molecule has 182 valence electrons. The molecule has 0 saturated carbocycles. The molecule has 3 aromatic carbocycles. The Morgan fingerprint density at radius 3 is 1.74 bits per heavy atom. The maximum Gasteiger partial charge on any atom is 0.260 e. The van der Waals surface area contributed by atoms with Crippen molar-refractivity contribution in [2.24, 2.45) is 5.92 Å². The summed E-state index contributed by atoms with van der Waals surface area (Å²) in [6.07, 6.45) is 3.08. The number of hydrogen-bond donors (Lipinski definition) is 0. The van der Waals surface area contributed by atoms with Crippen LogP contribution in [0.5, 0.6) is 5.75 Å². The zero-order chi connectivity index (χ0) is 24.3. The predicted molar refractivity (Wildman–Crippen MR) is 138 cm³/mol. The number of nitrogens with zero attached hydrogens (tertiary/aromatic N) is 2. The standard InChI is InChI=1S/C30H34N2O3/c33-29(24-35-28-14-8-3-9-15-28)31-22-18-27(19-23-31)30(34)32(20-16-25-10-4-1-5-11-25)21-17-26-12-6-2-7-13-26/h1-15,27H,16-24H2. The maximum atomic E-state index is 13.5. The summed E-state index contributed by atoms with van der Waals surface area (Å²) in [5, 5.41) is 0. The molecule has 0 unspecified atom stereocenters. The highest BCUT2D eigenvalue weighted by Gasteiger charge is 2.30. The zero-order valence-corrected chi connectivity index (χ0v) is 20.2. The fraction of sp³-hybridized carbons (Fsp3) is 0.333. The lowest BCUT2D eigenvalue weighted by Crippen LogP contribution is -2.46. The van der Waals surface area contributed by atoms with Crippen molar-refractivity contribution in [3.05, 3.63) is 102 Å². The highest BCUT2D eigenvalue weighted by atomic mass is 16.5. The maximum absolute atomic E-state index is 13.5. The second kappa shape index (κ2) is 12.7. The van der Waals surface area contributed by atoms with Gasteiger partial charge in [-0.2, -0.15) is 0 Å². The topological polar surface area (TPSA) is 49.9 Å². The van der Waals surface area contributed by atoms with Gasteiger partial charge < -0.3 is 14.5 Å². The van der Waals surface area contributed by atoms with E-state index in [1.165, 1.54) is 11.1 Å². The van der Waals surface area contributed by atoms with Crippen LogP contribution in [-0.2, 0) is 22.4 Å². The van der Waals surface area contributed by atoms with E-state index in [-0.39, 0.29) is 24.3 Å². The minimum Gasteiger partial charge on any atom is -0.484 e. The number of benzene rings is 3. The van der Waals surface area contributed by atoms with Crippen LogP contribution in [0.15, 0.2) is 91.0 Å². The molecular formula is C30H34N2O3. The molecule has 0 bridgehead atoms. The molecule has 5 heteroatoms.